The van der Waals surface area contributed by atoms with Crippen LogP contribution in [0.25, 0.3) is 11.2 Å². The van der Waals surface area contributed by atoms with Gasteiger partial charge in [-0.15, -0.1) is 11.6 Å². The minimum Gasteiger partial charge on any atom is -0.310 e. The van der Waals surface area contributed by atoms with Crippen LogP contribution < -0.4 is 0 Å². The summed E-state index contributed by atoms with van der Waals surface area (Å²) < 4.78 is 2.10. The zero-order valence-electron chi connectivity index (χ0n) is 13.0. The van der Waals surface area contributed by atoms with Crippen LogP contribution in [-0.4, -0.2) is 39.1 Å². The van der Waals surface area contributed by atoms with Gasteiger partial charge in [-0.1, -0.05) is 18.5 Å². The minimum absolute atomic E-state index is 0.160. The maximum absolute atomic E-state index is 6.27. The molecule has 0 aliphatic heterocycles. The second kappa shape index (κ2) is 6.95. The molecule has 2 unspecified atom stereocenters. The molecule has 2 aromatic rings. The molecular weight excluding hydrogens is 307 g/mol. The summed E-state index contributed by atoms with van der Waals surface area (Å²) in [4.78, 5) is 11.3. The van der Waals surface area contributed by atoms with Crippen LogP contribution in [0.5, 0.6) is 0 Å². The van der Waals surface area contributed by atoms with E-state index in [1.54, 1.807) is 6.20 Å². The molecule has 0 amide bonds. The average Bonchev–Trinajstić information content (AvgIpc) is 2.81. The maximum atomic E-state index is 6.27. The summed E-state index contributed by atoms with van der Waals surface area (Å²) in [5.74, 6) is 0.846. The number of rotatable bonds is 6. The Balaban J connectivity index is 2.30. The Hall–Kier alpha value is -0.840. The van der Waals surface area contributed by atoms with E-state index in [1.165, 1.54) is 0 Å². The molecular formula is C15H22Cl2N4. The van der Waals surface area contributed by atoms with Crippen molar-refractivity contribution in [2.75, 3.05) is 13.6 Å². The number of fused-ring (bicyclic) bond motifs is 1. The lowest BCUT2D eigenvalue weighted by Gasteiger charge is -2.24. The number of imidazole rings is 1. The topological polar surface area (TPSA) is 34.0 Å². The molecule has 2 atom stereocenters. The van der Waals surface area contributed by atoms with Crippen molar-refractivity contribution < 1.29 is 0 Å². The number of likely N-dealkylation sites (N-methyl/N-ethyl adjacent to an activating group) is 1. The first-order chi connectivity index (χ1) is 9.93. The van der Waals surface area contributed by atoms with Gasteiger partial charge in [-0.3, -0.25) is 0 Å². The third kappa shape index (κ3) is 3.68. The fourth-order valence-corrected chi connectivity index (χ4v) is 2.64. The molecule has 6 heteroatoms. The lowest BCUT2D eigenvalue weighted by molar-refractivity contribution is 0.242. The van der Waals surface area contributed by atoms with E-state index < -0.39 is 0 Å². The molecule has 0 aromatic carbocycles. The Morgan fingerprint density at radius 3 is 2.71 bits per heavy atom. The summed E-state index contributed by atoms with van der Waals surface area (Å²) >= 11 is 12.3. The lowest BCUT2D eigenvalue weighted by Crippen LogP contribution is -2.31. The van der Waals surface area contributed by atoms with E-state index in [-0.39, 0.29) is 5.38 Å². The highest BCUT2D eigenvalue weighted by Crippen LogP contribution is 2.25. The zero-order valence-corrected chi connectivity index (χ0v) is 14.5. The van der Waals surface area contributed by atoms with Gasteiger partial charge >= 0.3 is 0 Å². The average molecular weight is 329 g/mol. The number of hydrogen-bond acceptors (Lipinski definition) is 3. The first-order valence-corrected chi connectivity index (χ1v) is 8.11. The van der Waals surface area contributed by atoms with Crippen molar-refractivity contribution in [3.8, 4) is 0 Å². The van der Waals surface area contributed by atoms with Crippen LogP contribution in [-0.2, 0) is 6.54 Å². The summed E-state index contributed by atoms with van der Waals surface area (Å²) in [5, 5.41) is 0.435. The lowest BCUT2D eigenvalue weighted by atomic mass is 10.2. The highest BCUT2D eigenvalue weighted by molar-refractivity contribution is 6.31. The second-order valence-electron chi connectivity index (χ2n) is 5.47. The number of pyridine rings is 1. The molecule has 0 bridgehead atoms. The highest BCUT2D eigenvalue weighted by Gasteiger charge is 2.17. The SMILES string of the molecule is CCC(C)N(C)CCn1c(C(C)Cl)nc2cc(Cl)cnc21. The molecule has 2 heterocycles. The van der Waals surface area contributed by atoms with Gasteiger partial charge in [-0.05, 0) is 33.4 Å². The molecule has 4 nitrogen and oxygen atoms in total. The number of alkyl halides is 1. The van der Waals surface area contributed by atoms with Crippen molar-refractivity contribution in [2.24, 2.45) is 0 Å². The van der Waals surface area contributed by atoms with E-state index in [4.69, 9.17) is 23.2 Å². The Morgan fingerprint density at radius 1 is 1.38 bits per heavy atom. The Morgan fingerprint density at radius 2 is 2.10 bits per heavy atom. The van der Waals surface area contributed by atoms with Gasteiger partial charge in [0.05, 0.1) is 10.4 Å². The third-order valence-electron chi connectivity index (χ3n) is 3.96. The fourth-order valence-electron chi connectivity index (χ4n) is 2.32. The van der Waals surface area contributed by atoms with Crippen molar-refractivity contribution in [3.63, 3.8) is 0 Å². The molecule has 0 fully saturated rings. The Bertz CT molecular complexity index is 609. The number of hydrogen-bond donors (Lipinski definition) is 0. The van der Waals surface area contributed by atoms with Gasteiger partial charge in [-0.25, -0.2) is 9.97 Å². The normalized spacial score (nSPS) is 14.8. The summed E-state index contributed by atoms with van der Waals surface area (Å²) in [7, 11) is 2.14. The molecule has 0 spiro atoms. The first-order valence-electron chi connectivity index (χ1n) is 7.30. The van der Waals surface area contributed by atoms with Crippen molar-refractivity contribution in [1.82, 2.24) is 19.4 Å². The second-order valence-corrected chi connectivity index (χ2v) is 6.56. The third-order valence-corrected chi connectivity index (χ3v) is 4.36. The van der Waals surface area contributed by atoms with E-state index in [2.05, 4.69) is 40.3 Å². The highest BCUT2D eigenvalue weighted by atomic mass is 35.5. The smallest absolute Gasteiger partial charge is 0.160 e. The molecule has 2 rings (SSSR count). The summed E-state index contributed by atoms with van der Waals surface area (Å²) in [6, 6.07) is 2.39. The molecule has 0 N–H and O–H groups in total. The minimum atomic E-state index is -0.160. The number of halogens is 2. The van der Waals surface area contributed by atoms with E-state index in [0.29, 0.717) is 11.1 Å². The fraction of sp³-hybridized carbons (Fsp3) is 0.600. The Labute approximate surface area is 136 Å². The summed E-state index contributed by atoms with van der Waals surface area (Å²) in [5.41, 5.74) is 1.65. The van der Waals surface area contributed by atoms with E-state index in [0.717, 1.165) is 36.5 Å². The largest absolute Gasteiger partial charge is 0.310 e. The van der Waals surface area contributed by atoms with Crippen LogP contribution in [0.4, 0.5) is 0 Å². The van der Waals surface area contributed by atoms with Gasteiger partial charge in [-0.2, -0.15) is 0 Å². The van der Waals surface area contributed by atoms with Crippen LogP contribution in [0.1, 0.15) is 38.4 Å². The van der Waals surface area contributed by atoms with E-state index in [1.807, 2.05) is 13.0 Å². The van der Waals surface area contributed by atoms with E-state index >= 15 is 0 Å². The zero-order chi connectivity index (χ0) is 15.6. The van der Waals surface area contributed by atoms with Crippen LogP contribution in [0.3, 0.4) is 0 Å². The maximum Gasteiger partial charge on any atom is 0.160 e. The molecule has 0 saturated carbocycles. The molecule has 0 radical (unpaired) electrons. The van der Waals surface area contributed by atoms with E-state index in [9.17, 15) is 0 Å². The molecule has 0 saturated heterocycles. The molecule has 0 aliphatic rings. The van der Waals surface area contributed by atoms with Gasteiger partial charge in [0.1, 0.15) is 11.3 Å². The monoisotopic (exact) mass is 328 g/mol. The summed E-state index contributed by atoms with van der Waals surface area (Å²) in [6.45, 7) is 8.11. The van der Waals surface area contributed by atoms with Gasteiger partial charge in [0.25, 0.3) is 0 Å². The van der Waals surface area contributed by atoms with Crippen LogP contribution in [0, 0.1) is 0 Å². The quantitative estimate of drug-likeness (QED) is 0.748. The van der Waals surface area contributed by atoms with Crippen molar-refractivity contribution in [2.45, 2.75) is 45.2 Å². The molecule has 116 valence electrons. The van der Waals surface area contributed by atoms with Crippen LogP contribution >= 0.6 is 23.2 Å². The van der Waals surface area contributed by atoms with Crippen molar-refractivity contribution in [1.29, 1.82) is 0 Å². The molecule has 21 heavy (non-hydrogen) atoms. The first kappa shape index (κ1) is 16.5. The van der Waals surface area contributed by atoms with Crippen molar-refractivity contribution >= 4 is 34.4 Å². The van der Waals surface area contributed by atoms with Crippen molar-refractivity contribution in [3.05, 3.63) is 23.1 Å². The van der Waals surface area contributed by atoms with Crippen LogP contribution in [0.2, 0.25) is 5.02 Å². The van der Waals surface area contributed by atoms with Gasteiger partial charge < -0.3 is 9.47 Å². The predicted molar refractivity (Wildman–Crippen MR) is 89.2 cm³/mol. The number of aromatic nitrogens is 3. The standard InChI is InChI=1S/C15H22Cl2N4/c1-5-10(2)20(4)6-7-21-14(11(3)16)19-13-8-12(17)9-18-15(13)21/h8-11H,5-7H2,1-4H3. The molecule has 0 aliphatic carbocycles. The molecule has 2 aromatic heterocycles. The van der Waals surface area contributed by atoms with Gasteiger partial charge in [0.15, 0.2) is 5.65 Å². The predicted octanol–water partition coefficient (Wildman–Crippen LogP) is 4.11. The van der Waals surface area contributed by atoms with Crippen LogP contribution in [0.15, 0.2) is 12.3 Å². The number of nitrogens with zero attached hydrogens (tertiary/aromatic N) is 4. The van der Waals surface area contributed by atoms with Gasteiger partial charge in [0.2, 0.25) is 0 Å². The summed E-state index contributed by atoms with van der Waals surface area (Å²) in [6.07, 6.45) is 2.79. The van der Waals surface area contributed by atoms with Gasteiger partial charge in [0, 0.05) is 25.3 Å². The Kier molecular flexibility index (Phi) is 5.47.